The van der Waals surface area contributed by atoms with Gasteiger partial charge in [-0.25, -0.2) is 4.98 Å². The van der Waals surface area contributed by atoms with Crippen LogP contribution in [0.15, 0.2) is 18.7 Å². The first-order valence-corrected chi connectivity index (χ1v) is 8.60. The molecule has 0 bridgehead atoms. The summed E-state index contributed by atoms with van der Waals surface area (Å²) in [5, 5.41) is 3.99. The average molecular weight is 275 g/mol. The Bertz CT molecular complexity index is 387. The van der Waals surface area contributed by atoms with Gasteiger partial charge in [0.25, 0.3) is 0 Å². The van der Waals surface area contributed by atoms with Gasteiger partial charge in [-0.2, -0.15) is 0 Å². The molecule has 3 rings (SSSR count). The lowest BCUT2D eigenvalue weighted by Gasteiger charge is -2.27. The molecule has 2 fully saturated rings. The van der Waals surface area contributed by atoms with E-state index in [-0.39, 0.29) is 0 Å². The van der Waals surface area contributed by atoms with Crippen LogP contribution < -0.4 is 5.32 Å². The Balaban J connectivity index is 1.56. The third-order valence-corrected chi connectivity index (χ3v) is 5.50. The lowest BCUT2D eigenvalue weighted by atomic mass is 9.97. The van der Waals surface area contributed by atoms with Crippen molar-refractivity contribution in [1.82, 2.24) is 14.9 Å². The topological polar surface area (TPSA) is 29.9 Å². The molecule has 2 saturated carbocycles. The highest BCUT2D eigenvalue weighted by Crippen LogP contribution is 2.32. The zero-order chi connectivity index (χ0) is 13.8. The minimum Gasteiger partial charge on any atom is -0.333 e. The highest BCUT2D eigenvalue weighted by molar-refractivity contribution is 4.93. The Morgan fingerprint density at radius 1 is 1.10 bits per heavy atom. The van der Waals surface area contributed by atoms with Gasteiger partial charge in [-0.1, -0.05) is 26.2 Å². The third kappa shape index (κ3) is 3.25. The van der Waals surface area contributed by atoms with E-state index in [1.165, 1.54) is 57.8 Å². The van der Waals surface area contributed by atoms with E-state index in [2.05, 4.69) is 28.0 Å². The summed E-state index contributed by atoms with van der Waals surface area (Å²) < 4.78 is 2.32. The molecule has 1 aromatic rings. The minimum absolute atomic E-state index is 0.628. The Hall–Kier alpha value is -0.830. The molecule has 4 unspecified atom stereocenters. The number of hydrogen-bond acceptors (Lipinski definition) is 2. The van der Waals surface area contributed by atoms with Crippen LogP contribution in [0, 0.1) is 5.92 Å². The molecule has 1 N–H and O–H groups in total. The van der Waals surface area contributed by atoms with Gasteiger partial charge in [-0.3, -0.25) is 0 Å². The molecule has 0 aromatic carbocycles. The lowest BCUT2D eigenvalue weighted by Crippen LogP contribution is -2.40. The first-order chi connectivity index (χ1) is 9.86. The largest absolute Gasteiger partial charge is 0.333 e. The van der Waals surface area contributed by atoms with Crippen molar-refractivity contribution in [3.63, 3.8) is 0 Å². The van der Waals surface area contributed by atoms with E-state index < -0.39 is 0 Å². The van der Waals surface area contributed by atoms with E-state index in [9.17, 15) is 0 Å². The average Bonchev–Trinajstić information content (AvgIpc) is 3.07. The van der Waals surface area contributed by atoms with Crippen LogP contribution in [0.25, 0.3) is 0 Å². The molecule has 20 heavy (non-hydrogen) atoms. The number of hydrogen-bond donors (Lipinski definition) is 1. The van der Waals surface area contributed by atoms with Crippen LogP contribution >= 0.6 is 0 Å². The molecule has 0 saturated heterocycles. The molecular formula is C17H29N3. The van der Waals surface area contributed by atoms with Crippen LogP contribution in [0.5, 0.6) is 0 Å². The molecule has 0 amide bonds. The summed E-state index contributed by atoms with van der Waals surface area (Å²) in [6, 6.07) is 2.04. The van der Waals surface area contributed by atoms with Crippen LogP contribution in [-0.2, 0) is 0 Å². The second kappa shape index (κ2) is 6.75. The molecule has 0 spiro atoms. The first kappa shape index (κ1) is 14.1. The molecule has 4 atom stereocenters. The smallest absolute Gasteiger partial charge is 0.0949 e. The van der Waals surface area contributed by atoms with Crippen molar-refractivity contribution in [2.45, 2.75) is 82.8 Å². The van der Waals surface area contributed by atoms with E-state index in [1.807, 2.05) is 12.5 Å². The van der Waals surface area contributed by atoms with Crippen molar-refractivity contribution in [1.29, 1.82) is 0 Å². The summed E-state index contributed by atoms with van der Waals surface area (Å²) in [4.78, 5) is 4.22. The summed E-state index contributed by atoms with van der Waals surface area (Å²) >= 11 is 0. The molecule has 112 valence electrons. The highest BCUT2D eigenvalue weighted by atomic mass is 15.1. The highest BCUT2D eigenvalue weighted by Gasteiger charge is 2.30. The van der Waals surface area contributed by atoms with E-state index in [1.54, 1.807) is 0 Å². The number of imidazole rings is 1. The molecule has 3 nitrogen and oxygen atoms in total. The van der Waals surface area contributed by atoms with E-state index >= 15 is 0 Å². The Kier molecular flexibility index (Phi) is 4.77. The zero-order valence-corrected chi connectivity index (χ0v) is 12.8. The van der Waals surface area contributed by atoms with E-state index in [4.69, 9.17) is 0 Å². The fourth-order valence-corrected chi connectivity index (χ4v) is 4.21. The molecule has 2 aliphatic carbocycles. The maximum atomic E-state index is 4.22. The van der Waals surface area contributed by atoms with Gasteiger partial charge < -0.3 is 9.88 Å². The third-order valence-electron chi connectivity index (χ3n) is 5.50. The van der Waals surface area contributed by atoms with Gasteiger partial charge in [0.1, 0.15) is 0 Å². The summed E-state index contributed by atoms with van der Waals surface area (Å²) in [5.74, 6) is 0.981. The molecule has 0 radical (unpaired) electrons. The Morgan fingerprint density at radius 2 is 2.00 bits per heavy atom. The van der Waals surface area contributed by atoms with Crippen LogP contribution in [0.1, 0.15) is 70.8 Å². The van der Waals surface area contributed by atoms with Gasteiger partial charge in [0.05, 0.1) is 6.33 Å². The normalized spacial score (nSPS) is 35.0. The van der Waals surface area contributed by atoms with Gasteiger partial charge in [-0.05, 0) is 44.4 Å². The van der Waals surface area contributed by atoms with Crippen molar-refractivity contribution in [2.75, 3.05) is 0 Å². The number of nitrogens with one attached hydrogen (secondary N) is 1. The second-order valence-electron chi connectivity index (χ2n) is 6.76. The van der Waals surface area contributed by atoms with Crippen LogP contribution in [0.4, 0.5) is 0 Å². The zero-order valence-electron chi connectivity index (χ0n) is 12.8. The molecule has 3 heteroatoms. The van der Waals surface area contributed by atoms with Crippen LogP contribution in [0.2, 0.25) is 0 Å². The van der Waals surface area contributed by atoms with Gasteiger partial charge in [0.15, 0.2) is 0 Å². The first-order valence-electron chi connectivity index (χ1n) is 8.60. The predicted octanol–water partition coefficient (Wildman–Crippen LogP) is 3.93. The van der Waals surface area contributed by atoms with E-state index in [0.29, 0.717) is 12.1 Å². The fourth-order valence-electron chi connectivity index (χ4n) is 4.21. The summed E-state index contributed by atoms with van der Waals surface area (Å²) in [5.41, 5.74) is 0. The number of aromatic nitrogens is 2. The maximum Gasteiger partial charge on any atom is 0.0949 e. The second-order valence-corrected chi connectivity index (χ2v) is 6.76. The van der Waals surface area contributed by atoms with Crippen molar-refractivity contribution in [3.05, 3.63) is 18.7 Å². The molecular weight excluding hydrogens is 246 g/mol. The van der Waals surface area contributed by atoms with Gasteiger partial charge in [0.2, 0.25) is 0 Å². The molecule has 1 aromatic heterocycles. The van der Waals surface area contributed by atoms with Crippen molar-refractivity contribution in [2.24, 2.45) is 5.92 Å². The summed E-state index contributed by atoms with van der Waals surface area (Å²) in [6.45, 7) is 2.35. The summed E-state index contributed by atoms with van der Waals surface area (Å²) in [6.07, 6.45) is 18.4. The predicted molar refractivity (Wildman–Crippen MR) is 82.7 cm³/mol. The number of rotatable bonds is 4. The SMILES string of the molecule is CCC1CCCC(NC2CCCC2n2ccnc2)CC1. The standard InChI is InChI=1S/C17H29N3/c1-2-14-5-3-6-15(10-9-14)19-16-7-4-8-17(16)20-12-11-18-13-20/h11-17,19H,2-10H2,1H3. The summed E-state index contributed by atoms with van der Waals surface area (Å²) in [7, 11) is 0. The Morgan fingerprint density at radius 3 is 2.80 bits per heavy atom. The Labute approximate surface area is 123 Å². The van der Waals surface area contributed by atoms with Gasteiger partial charge in [-0.15, -0.1) is 0 Å². The number of nitrogens with zero attached hydrogens (tertiary/aromatic N) is 2. The quantitative estimate of drug-likeness (QED) is 0.844. The molecule has 2 aliphatic rings. The van der Waals surface area contributed by atoms with Gasteiger partial charge >= 0.3 is 0 Å². The monoisotopic (exact) mass is 275 g/mol. The lowest BCUT2D eigenvalue weighted by molar-refractivity contribution is 0.329. The maximum absolute atomic E-state index is 4.22. The van der Waals surface area contributed by atoms with Crippen molar-refractivity contribution >= 4 is 0 Å². The van der Waals surface area contributed by atoms with Gasteiger partial charge in [0, 0.05) is 30.5 Å². The van der Waals surface area contributed by atoms with Crippen LogP contribution in [-0.4, -0.2) is 21.6 Å². The molecule has 0 aliphatic heterocycles. The molecule has 1 heterocycles. The van der Waals surface area contributed by atoms with Crippen LogP contribution in [0.3, 0.4) is 0 Å². The van der Waals surface area contributed by atoms with Crippen molar-refractivity contribution in [3.8, 4) is 0 Å². The van der Waals surface area contributed by atoms with E-state index in [0.717, 1.165) is 12.0 Å². The fraction of sp³-hybridized carbons (Fsp3) is 0.824. The minimum atomic E-state index is 0.628. The van der Waals surface area contributed by atoms with Crippen molar-refractivity contribution < 1.29 is 0 Å².